The highest BCUT2D eigenvalue weighted by Gasteiger charge is 2.08. The van der Waals surface area contributed by atoms with E-state index in [1.54, 1.807) is 12.1 Å². The maximum atomic E-state index is 11.1. The van der Waals surface area contributed by atoms with Gasteiger partial charge in [0.25, 0.3) is 0 Å². The van der Waals surface area contributed by atoms with Gasteiger partial charge < -0.3 is 9.97 Å². The van der Waals surface area contributed by atoms with Gasteiger partial charge in [-0.1, -0.05) is 60.2 Å². The van der Waals surface area contributed by atoms with Gasteiger partial charge in [0.15, 0.2) is 10.7 Å². The molecular weight excluding hydrogens is 416 g/mol. The van der Waals surface area contributed by atoms with E-state index >= 15 is 0 Å². The average molecular weight is 439 g/mol. The molecule has 0 unspecified atom stereocenters. The fraction of sp³-hybridized carbons (Fsp3) is 0.0370. The van der Waals surface area contributed by atoms with Gasteiger partial charge in [-0.2, -0.15) is 0 Å². The van der Waals surface area contributed by atoms with E-state index in [2.05, 4.69) is 77.6 Å². The van der Waals surface area contributed by atoms with Crippen molar-refractivity contribution in [1.29, 1.82) is 0 Å². The largest absolute Gasteiger partial charge is 0.355 e. The molecule has 0 atom stereocenters. The number of benzene rings is 3. The number of aromatic nitrogens is 2. The number of aromatic amines is 2. The highest BCUT2D eigenvalue weighted by molar-refractivity contribution is 7.72. The van der Waals surface area contributed by atoms with Crippen molar-refractivity contribution in [2.45, 2.75) is 11.8 Å². The Morgan fingerprint density at radius 3 is 1.44 bits per heavy atom. The zero-order chi connectivity index (χ0) is 22.1. The molecule has 0 amide bonds. The summed E-state index contributed by atoms with van der Waals surface area (Å²) in [4.78, 5) is 7.30. The highest BCUT2D eigenvalue weighted by atomic mass is 32.2. The van der Waals surface area contributed by atoms with Crippen LogP contribution in [0.25, 0.3) is 45.0 Å². The molecule has 0 aliphatic rings. The molecule has 3 aromatic carbocycles. The maximum Gasteiger partial charge on any atom is 0.168 e. The van der Waals surface area contributed by atoms with Crippen LogP contribution in [0.4, 0.5) is 0 Å². The lowest BCUT2D eigenvalue weighted by Gasteiger charge is -2.04. The number of hydrogen-bond acceptors (Lipinski definition) is 2. The fourth-order valence-electron chi connectivity index (χ4n) is 3.81. The molecule has 5 aromatic rings. The minimum Gasteiger partial charge on any atom is -0.355 e. The quantitative estimate of drug-likeness (QED) is 0.282. The van der Waals surface area contributed by atoms with Gasteiger partial charge in [0, 0.05) is 22.8 Å². The minimum absolute atomic E-state index is 0.319. The summed E-state index contributed by atoms with van der Waals surface area (Å²) in [5, 5.41) is 0. The number of aryl methyl sites for hydroxylation is 1. The second-order valence-electron chi connectivity index (χ2n) is 7.82. The molecule has 2 N–H and O–H groups in total. The molecule has 158 valence electrons. The molecule has 0 saturated carbocycles. The molecule has 4 nitrogen and oxygen atoms in total. The first kappa shape index (κ1) is 20.1. The second-order valence-corrected chi connectivity index (χ2v) is 8.85. The minimum atomic E-state index is -2.56. The monoisotopic (exact) mass is 438 g/mol. The summed E-state index contributed by atoms with van der Waals surface area (Å²) >= 11 is 0. The van der Waals surface area contributed by atoms with Crippen LogP contribution >= 0.6 is 0 Å². The second kappa shape index (κ2) is 8.36. The van der Waals surface area contributed by atoms with Crippen LogP contribution in [0.3, 0.4) is 0 Å². The first-order chi connectivity index (χ1) is 15.6. The van der Waals surface area contributed by atoms with E-state index < -0.39 is 10.7 Å². The molecule has 5 heteroatoms. The van der Waals surface area contributed by atoms with Crippen molar-refractivity contribution in [1.82, 2.24) is 9.97 Å². The van der Waals surface area contributed by atoms with Crippen LogP contribution in [0.2, 0.25) is 0 Å². The summed E-state index contributed by atoms with van der Waals surface area (Å²) in [6.07, 6.45) is 0. The van der Waals surface area contributed by atoms with Gasteiger partial charge in [0.2, 0.25) is 0 Å². The van der Waals surface area contributed by atoms with Crippen LogP contribution in [0.1, 0.15) is 5.56 Å². The zero-order valence-corrected chi connectivity index (χ0v) is 18.4. The Hall–Kier alpha value is -3.83. The number of thiol groups is 1. The Morgan fingerprint density at radius 2 is 0.969 bits per heavy atom. The molecule has 0 spiro atoms. The molecule has 0 aliphatic carbocycles. The predicted molar refractivity (Wildman–Crippen MR) is 130 cm³/mol. The van der Waals surface area contributed by atoms with Crippen molar-refractivity contribution in [2.24, 2.45) is 0 Å². The van der Waals surface area contributed by atoms with Crippen LogP contribution in [0.15, 0.2) is 102 Å². The summed E-state index contributed by atoms with van der Waals surface area (Å²) in [6, 6.07) is 32.0. The zero-order valence-electron chi connectivity index (χ0n) is 17.5. The maximum absolute atomic E-state index is 11.1. The third-order valence-corrected chi connectivity index (χ3v) is 6.33. The smallest absolute Gasteiger partial charge is 0.168 e. The van der Waals surface area contributed by atoms with E-state index in [0.717, 1.165) is 39.5 Å². The molecule has 2 aromatic heterocycles. The van der Waals surface area contributed by atoms with Crippen LogP contribution in [0, 0.1) is 6.92 Å². The Balaban J connectivity index is 1.42. The standard InChI is InChI=1S/C27H22N2O2S/c1-18-5-7-19(8-6-18)24-13-15-26(28-24)21-3-2-4-22(17-21)27-16-14-25(29-27)20-9-11-23(12-10-20)32(30)31/h2-17,28-29,32H,1H3. The van der Waals surface area contributed by atoms with Gasteiger partial charge in [0.05, 0.1) is 4.90 Å². The lowest BCUT2D eigenvalue weighted by atomic mass is 10.1. The SMILES string of the molecule is Cc1ccc(-c2ccc(-c3cccc(-c4ccc(-c5ccc([SH](=O)=O)cc5)[nH]4)c3)[nH]2)cc1. The number of hydrogen-bond donors (Lipinski definition) is 3. The van der Waals surface area contributed by atoms with Crippen molar-refractivity contribution in [3.63, 3.8) is 0 Å². The normalized spacial score (nSPS) is 11.2. The van der Waals surface area contributed by atoms with E-state index in [9.17, 15) is 8.42 Å². The van der Waals surface area contributed by atoms with Crippen molar-refractivity contribution < 1.29 is 8.42 Å². The summed E-state index contributed by atoms with van der Waals surface area (Å²) in [5.74, 6) is 0. The Morgan fingerprint density at radius 1 is 0.531 bits per heavy atom. The number of H-pyrrole nitrogens is 2. The first-order valence-electron chi connectivity index (χ1n) is 10.4. The molecular formula is C27H22N2O2S. The van der Waals surface area contributed by atoms with E-state index in [4.69, 9.17) is 0 Å². The lowest BCUT2D eigenvalue weighted by Crippen LogP contribution is -1.84. The van der Waals surface area contributed by atoms with Crippen molar-refractivity contribution in [3.05, 3.63) is 103 Å². The summed E-state index contributed by atoms with van der Waals surface area (Å²) < 4.78 is 22.2. The van der Waals surface area contributed by atoms with Gasteiger partial charge >= 0.3 is 0 Å². The van der Waals surface area contributed by atoms with Crippen LogP contribution in [0.5, 0.6) is 0 Å². The fourth-order valence-corrected chi connectivity index (χ4v) is 4.21. The molecule has 0 fully saturated rings. The third-order valence-electron chi connectivity index (χ3n) is 5.61. The Kier molecular flexibility index (Phi) is 5.25. The van der Waals surface area contributed by atoms with Gasteiger partial charge in [-0.3, -0.25) is 0 Å². The van der Waals surface area contributed by atoms with Crippen LogP contribution in [-0.2, 0) is 10.7 Å². The molecule has 0 bridgehead atoms. The molecule has 32 heavy (non-hydrogen) atoms. The van der Waals surface area contributed by atoms with Gasteiger partial charge in [0.1, 0.15) is 0 Å². The Bertz CT molecular complexity index is 1450. The van der Waals surface area contributed by atoms with E-state index in [1.165, 1.54) is 11.1 Å². The third kappa shape index (κ3) is 4.03. The predicted octanol–water partition coefficient (Wildman–Crippen LogP) is 6.29. The topological polar surface area (TPSA) is 65.7 Å². The molecule has 0 saturated heterocycles. The lowest BCUT2D eigenvalue weighted by molar-refractivity contribution is 0.614. The van der Waals surface area contributed by atoms with Gasteiger partial charge in [-0.25, -0.2) is 8.42 Å². The summed E-state index contributed by atoms with van der Waals surface area (Å²) in [6.45, 7) is 2.09. The first-order valence-corrected chi connectivity index (χ1v) is 11.6. The molecule has 5 rings (SSSR count). The van der Waals surface area contributed by atoms with Crippen molar-refractivity contribution >= 4 is 10.7 Å². The summed E-state index contributed by atoms with van der Waals surface area (Å²) in [7, 11) is -2.56. The molecule has 2 heterocycles. The molecule has 0 aliphatic heterocycles. The molecule has 0 radical (unpaired) electrons. The summed E-state index contributed by atoms with van der Waals surface area (Å²) in [5.41, 5.74) is 9.66. The van der Waals surface area contributed by atoms with E-state index in [0.29, 0.717) is 4.90 Å². The Labute approximate surface area is 188 Å². The highest BCUT2D eigenvalue weighted by Crippen LogP contribution is 2.30. The number of nitrogens with one attached hydrogen (secondary N) is 2. The van der Waals surface area contributed by atoms with Crippen molar-refractivity contribution in [3.8, 4) is 45.0 Å². The van der Waals surface area contributed by atoms with Crippen molar-refractivity contribution in [2.75, 3.05) is 0 Å². The van der Waals surface area contributed by atoms with E-state index in [-0.39, 0.29) is 0 Å². The van der Waals surface area contributed by atoms with Gasteiger partial charge in [-0.05, 0) is 71.6 Å². The van der Waals surface area contributed by atoms with Crippen LogP contribution in [-0.4, -0.2) is 18.4 Å². The van der Waals surface area contributed by atoms with E-state index in [1.807, 2.05) is 24.3 Å². The van der Waals surface area contributed by atoms with Gasteiger partial charge in [-0.15, -0.1) is 0 Å². The average Bonchev–Trinajstić information content (AvgIpc) is 3.50. The van der Waals surface area contributed by atoms with Crippen LogP contribution < -0.4 is 0 Å². The number of rotatable bonds is 5.